The third-order valence-corrected chi connectivity index (χ3v) is 6.17. The van der Waals surface area contributed by atoms with Crippen molar-refractivity contribution < 1.29 is 27.1 Å². The first-order valence-electron chi connectivity index (χ1n) is 10.1. The number of nitrogens with one attached hydrogen (secondary N) is 3. The van der Waals surface area contributed by atoms with Crippen molar-refractivity contribution >= 4 is 33.2 Å². The molecule has 0 aromatic heterocycles. The third-order valence-electron chi connectivity index (χ3n) is 4.69. The predicted octanol–water partition coefficient (Wildman–Crippen LogP) is 1.40. The van der Waals surface area contributed by atoms with E-state index >= 15 is 0 Å². The van der Waals surface area contributed by atoms with Gasteiger partial charge in [-0.1, -0.05) is 0 Å². The highest BCUT2D eigenvalue weighted by Gasteiger charge is 2.15. The number of benzene rings is 2. The lowest BCUT2D eigenvalue weighted by atomic mass is 10.2. The van der Waals surface area contributed by atoms with E-state index in [9.17, 15) is 22.4 Å². The zero-order valence-corrected chi connectivity index (χ0v) is 18.2. The molecular formula is C21H25FN4O5S. The van der Waals surface area contributed by atoms with E-state index in [-0.39, 0.29) is 36.2 Å². The summed E-state index contributed by atoms with van der Waals surface area (Å²) in [6, 6.07) is 11.0. The second-order valence-corrected chi connectivity index (χ2v) is 8.93. The first-order valence-corrected chi connectivity index (χ1v) is 11.6. The molecule has 0 spiro atoms. The van der Waals surface area contributed by atoms with Crippen LogP contribution < -0.4 is 15.4 Å². The average molecular weight is 465 g/mol. The Morgan fingerprint density at radius 2 is 1.47 bits per heavy atom. The molecule has 3 N–H and O–H groups in total. The zero-order valence-electron chi connectivity index (χ0n) is 17.3. The molecule has 1 aliphatic heterocycles. The van der Waals surface area contributed by atoms with Gasteiger partial charge in [0.1, 0.15) is 5.82 Å². The van der Waals surface area contributed by atoms with Gasteiger partial charge in [0.15, 0.2) is 0 Å². The van der Waals surface area contributed by atoms with Crippen LogP contribution in [-0.4, -0.2) is 64.5 Å². The summed E-state index contributed by atoms with van der Waals surface area (Å²) in [6.45, 7) is 2.86. The Hall–Kier alpha value is -2.86. The monoisotopic (exact) mass is 464 g/mol. The predicted molar refractivity (Wildman–Crippen MR) is 117 cm³/mol. The molecule has 1 heterocycles. The number of hydrogen-bond acceptors (Lipinski definition) is 6. The molecule has 2 aromatic carbocycles. The van der Waals surface area contributed by atoms with Crippen LogP contribution in [0.2, 0.25) is 0 Å². The molecule has 2 amide bonds. The zero-order chi connectivity index (χ0) is 23.0. The van der Waals surface area contributed by atoms with Gasteiger partial charge in [-0.2, -0.15) is 0 Å². The lowest BCUT2D eigenvalue weighted by molar-refractivity contribution is -0.118. The minimum atomic E-state index is -3.82. The second kappa shape index (κ2) is 11.1. The lowest BCUT2D eigenvalue weighted by Crippen LogP contribution is -2.41. The number of halogens is 1. The first-order chi connectivity index (χ1) is 15.3. The number of carbonyl (C=O) groups is 2. The van der Waals surface area contributed by atoms with Crippen molar-refractivity contribution in [1.29, 1.82) is 0 Å². The molecule has 11 heteroatoms. The Balaban J connectivity index is 1.41. The third kappa shape index (κ3) is 7.38. The standard InChI is InChI=1S/C21H25FN4O5S/c22-16-1-7-19(8-2-16)32(29,30)23-10-9-20(27)24-17-3-5-18(6-4-17)25-21(28)15-26-11-13-31-14-12-26/h1-8,23H,9-15H2,(H,24,27)(H,25,28). The molecule has 0 unspecified atom stereocenters. The minimum Gasteiger partial charge on any atom is -0.379 e. The van der Waals surface area contributed by atoms with Gasteiger partial charge in [0, 0.05) is 37.4 Å². The number of nitrogens with zero attached hydrogens (tertiary/aromatic N) is 1. The van der Waals surface area contributed by atoms with Crippen molar-refractivity contribution in [3.63, 3.8) is 0 Å². The molecule has 32 heavy (non-hydrogen) atoms. The highest BCUT2D eigenvalue weighted by atomic mass is 32.2. The lowest BCUT2D eigenvalue weighted by Gasteiger charge is -2.25. The van der Waals surface area contributed by atoms with Gasteiger partial charge in [0.2, 0.25) is 21.8 Å². The summed E-state index contributed by atoms with van der Waals surface area (Å²) < 4.78 is 44.7. The van der Waals surface area contributed by atoms with Gasteiger partial charge in [0.25, 0.3) is 0 Å². The summed E-state index contributed by atoms with van der Waals surface area (Å²) in [5.41, 5.74) is 1.12. The fraction of sp³-hybridized carbons (Fsp3) is 0.333. The van der Waals surface area contributed by atoms with Crippen LogP contribution in [0.15, 0.2) is 53.4 Å². The van der Waals surface area contributed by atoms with Crippen molar-refractivity contribution in [2.45, 2.75) is 11.3 Å². The van der Waals surface area contributed by atoms with Gasteiger partial charge in [-0.25, -0.2) is 17.5 Å². The highest BCUT2D eigenvalue weighted by molar-refractivity contribution is 7.89. The molecule has 2 aromatic rings. The molecule has 0 atom stereocenters. The Kier molecular flexibility index (Phi) is 8.28. The highest BCUT2D eigenvalue weighted by Crippen LogP contribution is 2.14. The first kappa shape index (κ1) is 23.8. The molecule has 1 aliphatic rings. The maximum Gasteiger partial charge on any atom is 0.240 e. The summed E-state index contributed by atoms with van der Waals surface area (Å²) >= 11 is 0. The van der Waals surface area contributed by atoms with E-state index < -0.39 is 15.8 Å². The van der Waals surface area contributed by atoms with E-state index in [1.165, 1.54) is 0 Å². The number of rotatable bonds is 9. The number of hydrogen-bond donors (Lipinski definition) is 3. The number of sulfonamides is 1. The number of morpholine rings is 1. The van der Waals surface area contributed by atoms with E-state index in [1.54, 1.807) is 24.3 Å². The van der Waals surface area contributed by atoms with E-state index in [1.807, 2.05) is 4.90 Å². The SMILES string of the molecule is O=C(CCNS(=O)(=O)c1ccc(F)cc1)Nc1ccc(NC(=O)CN2CCOCC2)cc1. The smallest absolute Gasteiger partial charge is 0.240 e. The van der Waals surface area contributed by atoms with Crippen molar-refractivity contribution in [2.24, 2.45) is 0 Å². The van der Waals surface area contributed by atoms with Crippen LogP contribution in [-0.2, 0) is 24.3 Å². The van der Waals surface area contributed by atoms with Gasteiger partial charge < -0.3 is 15.4 Å². The Morgan fingerprint density at radius 1 is 0.906 bits per heavy atom. The maximum atomic E-state index is 12.9. The summed E-state index contributed by atoms with van der Waals surface area (Å²) in [7, 11) is -3.82. The summed E-state index contributed by atoms with van der Waals surface area (Å²) in [4.78, 5) is 26.1. The fourth-order valence-corrected chi connectivity index (χ4v) is 4.05. The van der Waals surface area contributed by atoms with Crippen LogP contribution in [0, 0.1) is 5.82 Å². The van der Waals surface area contributed by atoms with E-state index in [2.05, 4.69) is 15.4 Å². The maximum absolute atomic E-state index is 12.9. The van der Waals surface area contributed by atoms with Gasteiger partial charge in [-0.05, 0) is 48.5 Å². The molecule has 9 nitrogen and oxygen atoms in total. The van der Waals surface area contributed by atoms with Crippen LogP contribution in [0.3, 0.4) is 0 Å². The second-order valence-electron chi connectivity index (χ2n) is 7.16. The van der Waals surface area contributed by atoms with Crippen LogP contribution in [0.1, 0.15) is 6.42 Å². The van der Waals surface area contributed by atoms with Crippen LogP contribution in [0.4, 0.5) is 15.8 Å². The van der Waals surface area contributed by atoms with Gasteiger partial charge in [-0.3, -0.25) is 14.5 Å². The number of ether oxygens (including phenoxy) is 1. The molecular weight excluding hydrogens is 439 g/mol. The summed E-state index contributed by atoms with van der Waals surface area (Å²) in [5.74, 6) is -1.04. The van der Waals surface area contributed by atoms with Crippen molar-refractivity contribution in [2.75, 3.05) is 50.0 Å². The van der Waals surface area contributed by atoms with Crippen molar-refractivity contribution in [1.82, 2.24) is 9.62 Å². The quantitative estimate of drug-likeness (QED) is 0.517. The van der Waals surface area contributed by atoms with Crippen molar-refractivity contribution in [3.8, 4) is 0 Å². The Bertz CT molecular complexity index is 1020. The van der Waals surface area contributed by atoms with Crippen LogP contribution in [0.25, 0.3) is 0 Å². The van der Waals surface area contributed by atoms with Gasteiger partial charge in [-0.15, -0.1) is 0 Å². The topological polar surface area (TPSA) is 117 Å². The average Bonchev–Trinajstić information content (AvgIpc) is 2.76. The Morgan fingerprint density at radius 3 is 2.06 bits per heavy atom. The minimum absolute atomic E-state index is 0.0782. The molecule has 0 aliphatic carbocycles. The summed E-state index contributed by atoms with van der Waals surface area (Å²) in [6.07, 6.45) is -0.0849. The molecule has 172 valence electrons. The Labute approximate surface area is 186 Å². The van der Waals surface area contributed by atoms with Crippen LogP contribution >= 0.6 is 0 Å². The van der Waals surface area contributed by atoms with E-state index in [0.717, 1.165) is 37.4 Å². The van der Waals surface area contributed by atoms with Gasteiger partial charge in [0.05, 0.1) is 24.7 Å². The van der Waals surface area contributed by atoms with E-state index in [4.69, 9.17) is 4.74 Å². The summed E-state index contributed by atoms with van der Waals surface area (Å²) in [5, 5.41) is 5.47. The number of amides is 2. The van der Waals surface area contributed by atoms with E-state index in [0.29, 0.717) is 24.6 Å². The molecule has 1 saturated heterocycles. The fourth-order valence-electron chi connectivity index (χ4n) is 3.02. The molecule has 3 rings (SSSR count). The molecule has 0 bridgehead atoms. The van der Waals surface area contributed by atoms with Gasteiger partial charge >= 0.3 is 0 Å². The largest absolute Gasteiger partial charge is 0.379 e. The molecule has 1 fully saturated rings. The van der Waals surface area contributed by atoms with Crippen LogP contribution in [0.5, 0.6) is 0 Å². The number of carbonyl (C=O) groups excluding carboxylic acids is 2. The van der Waals surface area contributed by atoms with Crippen molar-refractivity contribution in [3.05, 3.63) is 54.3 Å². The molecule has 0 saturated carbocycles. The normalized spacial score (nSPS) is 14.7. The number of anilines is 2. The molecule has 0 radical (unpaired) electrons.